The molecule has 0 saturated carbocycles. The number of hydrogen-bond acceptors (Lipinski definition) is 4. The molecule has 20 heavy (non-hydrogen) atoms. The number of nitro groups is 1. The summed E-state index contributed by atoms with van der Waals surface area (Å²) in [5.41, 5.74) is 2.34. The van der Waals surface area contributed by atoms with Crippen molar-refractivity contribution in [2.24, 2.45) is 0 Å². The fourth-order valence-corrected chi connectivity index (χ4v) is 1.92. The van der Waals surface area contributed by atoms with Gasteiger partial charge in [-0.1, -0.05) is 12.1 Å². The van der Waals surface area contributed by atoms with E-state index in [1.807, 2.05) is 24.1 Å². The number of aromatic nitrogens is 2. The minimum absolute atomic E-state index is 0.123. The number of nitrogens with zero attached hydrogens (tertiary/aromatic N) is 3. The van der Waals surface area contributed by atoms with Gasteiger partial charge >= 0.3 is 0 Å². The predicted octanol–water partition coefficient (Wildman–Crippen LogP) is 2.31. The van der Waals surface area contributed by atoms with Crippen LogP contribution in [0.3, 0.4) is 0 Å². The van der Waals surface area contributed by atoms with Crippen LogP contribution in [0.4, 0.5) is 5.69 Å². The van der Waals surface area contributed by atoms with E-state index < -0.39 is 0 Å². The minimum Gasteiger partial charge on any atom is -0.313 e. The Kier molecular flexibility index (Phi) is 4.47. The average molecular weight is 274 g/mol. The van der Waals surface area contributed by atoms with Gasteiger partial charge in [-0.15, -0.1) is 0 Å². The van der Waals surface area contributed by atoms with Crippen LogP contribution in [-0.4, -0.2) is 21.8 Å². The highest BCUT2D eigenvalue weighted by Gasteiger charge is 2.06. The SMILES string of the molecule is CNC(C)c1cnn(CCc2ccc([N+](=O)[O-])cc2)c1. The Morgan fingerprint density at radius 3 is 2.70 bits per heavy atom. The van der Waals surface area contributed by atoms with Gasteiger partial charge in [-0.25, -0.2) is 0 Å². The van der Waals surface area contributed by atoms with Crippen molar-refractivity contribution in [2.75, 3.05) is 7.05 Å². The summed E-state index contributed by atoms with van der Waals surface area (Å²) in [5.74, 6) is 0. The lowest BCUT2D eigenvalue weighted by atomic mass is 10.1. The Morgan fingerprint density at radius 1 is 1.40 bits per heavy atom. The lowest BCUT2D eigenvalue weighted by Gasteiger charge is -2.06. The second-order valence-corrected chi connectivity index (χ2v) is 4.72. The van der Waals surface area contributed by atoms with Crippen molar-refractivity contribution in [3.05, 3.63) is 57.9 Å². The Balaban J connectivity index is 1.94. The van der Waals surface area contributed by atoms with Crippen molar-refractivity contribution < 1.29 is 4.92 Å². The summed E-state index contributed by atoms with van der Waals surface area (Å²) in [5, 5.41) is 18.1. The highest BCUT2D eigenvalue weighted by molar-refractivity contribution is 5.32. The van der Waals surface area contributed by atoms with E-state index >= 15 is 0 Å². The molecule has 0 radical (unpaired) electrons. The van der Waals surface area contributed by atoms with Gasteiger partial charge in [-0.05, 0) is 26.0 Å². The number of hydrogen-bond donors (Lipinski definition) is 1. The van der Waals surface area contributed by atoms with Crippen LogP contribution in [-0.2, 0) is 13.0 Å². The first-order chi connectivity index (χ1) is 9.60. The Bertz CT molecular complexity index is 577. The van der Waals surface area contributed by atoms with E-state index in [1.54, 1.807) is 12.1 Å². The van der Waals surface area contributed by atoms with Crippen molar-refractivity contribution in [3.8, 4) is 0 Å². The van der Waals surface area contributed by atoms with Crippen LogP contribution in [0.5, 0.6) is 0 Å². The van der Waals surface area contributed by atoms with Crippen molar-refractivity contribution in [1.29, 1.82) is 0 Å². The molecule has 1 aromatic carbocycles. The monoisotopic (exact) mass is 274 g/mol. The number of rotatable bonds is 6. The maximum Gasteiger partial charge on any atom is 0.269 e. The Morgan fingerprint density at radius 2 is 2.10 bits per heavy atom. The smallest absolute Gasteiger partial charge is 0.269 e. The van der Waals surface area contributed by atoms with E-state index in [-0.39, 0.29) is 16.7 Å². The van der Waals surface area contributed by atoms with E-state index in [2.05, 4.69) is 17.3 Å². The molecule has 6 heteroatoms. The quantitative estimate of drug-likeness (QED) is 0.648. The fraction of sp³-hybridized carbons (Fsp3) is 0.357. The third kappa shape index (κ3) is 3.42. The van der Waals surface area contributed by atoms with Gasteiger partial charge in [-0.2, -0.15) is 5.10 Å². The molecule has 0 bridgehead atoms. The zero-order valence-corrected chi connectivity index (χ0v) is 11.6. The molecule has 1 atom stereocenters. The van der Waals surface area contributed by atoms with Gasteiger partial charge in [0.15, 0.2) is 0 Å². The number of non-ortho nitro benzene ring substituents is 1. The molecule has 0 aliphatic carbocycles. The van der Waals surface area contributed by atoms with Crippen LogP contribution < -0.4 is 5.32 Å². The van der Waals surface area contributed by atoms with Gasteiger partial charge in [0.2, 0.25) is 0 Å². The molecule has 1 heterocycles. The second kappa shape index (κ2) is 6.29. The van der Waals surface area contributed by atoms with E-state index in [0.29, 0.717) is 0 Å². The van der Waals surface area contributed by atoms with Crippen LogP contribution in [0.2, 0.25) is 0 Å². The summed E-state index contributed by atoms with van der Waals surface area (Å²) in [7, 11) is 1.92. The largest absolute Gasteiger partial charge is 0.313 e. The molecule has 1 unspecified atom stereocenters. The highest BCUT2D eigenvalue weighted by Crippen LogP contribution is 2.13. The molecule has 2 aromatic rings. The zero-order chi connectivity index (χ0) is 14.5. The van der Waals surface area contributed by atoms with Crippen LogP contribution in [0.25, 0.3) is 0 Å². The molecule has 1 aromatic heterocycles. The van der Waals surface area contributed by atoms with E-state index in [0.717, 1.165) is 24.1 Å². The molecule has 6 nitrogen and oxygen atoms in total. The lowest BCUT2D eigenvalue weighted by molar-refractivity contribution is -0.384. The van der Waals surface area contributed by atoms with Crippen LogP contribution in [0.15, 0.2) is 36.7 Å². The summed E-state index contributed by atoms with van der Waals surface area (Å²) >= 11 is 0. The molecule has 0 aliphatic heterocycles. The summed E-state index contributed by atoms with van der Waals surface area (Å²) in [6, 6.07) is 6.93. The van der Waals surface area contributed by atoms with Gasteiger partial charge in [-0.3, -0.25) is 14.8 Å². The standard InChI is InChI=1S/C14H18N4O2/c1-11(15-2)13-9-16-17(10-13)8-7-12-3-5-14(6-4-12)18(19)20/h3-6,9-11,15H,7-8H2,1-2H3. The molecular weight excluding hydrogens is 256 g/mol. The van der Waals surface area contributed by atoms with E-state index in [9.17, 15) is 10.1 Å². The normalized spacial score (nSPS) is 12.3. The molecule has 1 N–H and O–H groups in total. The molecule has 2 rings (SSSR count). The Hall–Kier alpha value is -2.21. The molecule has 106 valence electrons. The summed E-state index contributed by atoms with van der Waals surface area (Å²) < 4.78 is 1.89. The average Bonchev–Trinajstić information content (AvgIpc) is 2.93. The first-order valence-electron chi connectivity index (χ1n) is 6.53. The fourth-order valence-electron chi connectivity index (χ4n) is 1.92. The predicted molar refractivity (Wildman–Crippen MR) is 76.5 cm³/mol. The van der Waals surface area contributed by atoms with Crippen molar-refractivity contribution >= 4 is 5.69 Å². The van der Waals surface area contributed by atoms with E-state index in [1.165, 1.54) is 12.1 Å². The molecule has 0 fully saturated rings. The summed E-state index contributed by atoms with van der Waals surface area (Å²) in [6.45, 7) is 2.84. The van der Waals surface area contributed by atoms with Gasteiger partial charge in [0.25, 0.3) is 5.69 Å². The number of nitrogens with one attached hydrogen (secondary N) is 1. The summed E-state index contributed by atoms with van der Waals surface area (Å²) in [6.07, 6.45) is 4.68. The van der Waals surface area contributed by atoms with Gasteiger partial charge in [0.1, 0.15) is 0 Å². The van der Waals surface area contributed by atoms with Crippen LogP contribution >= 0.6 is 0 Å². The number of benzene rings is 1. The third-order valence-corrected chi connectivity index (χ3v) is 3.36. The minimum atomic E-state index is -0.386. The number of nitro benzene ring substituents is 1. The van der Waals surface area contributed by atoms with Gasteiger partial charge < -0.3 is 5.32 Å². The first-order valence-corrected chi connectivity index (χ1v) is 6.53. The van der Waals surface area contributed by atoms with Gasteiger partial charge in [0.05, 0.1) is 11.1 Å². The Labute approximate surface area is 117 Å². The topological polar surface area (TPSA) is 73.0 Å². The van der Waals surface area contributed by atoms with Crippen LogP contribution in [0.1, 0.15) is 24.1 Å². The zero-order valence-electron chi connectivity index (χ0n) is 11.6. The first kappa shape index (κ1) is 14.2. The van der Waals surface area contributed by atoms with Crippen molar-refractivity contribution in [1.82, 2.24) is 15.1 Å². The van der Waals surface area contributed by atoms with Gasteiger partial charge in [0, 0.05) is 36.5 Å². The molecule has 0 aliphatic rings. The highest BCUT2D eigenvalue weighted by atomic mass is 16.6. The maximum atomic E-state index is 10.6. The van der Waals surface area contributed by atoms with Crippen molar-refractivity contribution in [3.63, 3.8) is 0 Å². The number of aryl methyl sites for hydroxylation is 2. The lowest BCUT2D eigenvalue weighted by Crippen LogP contribution is -2.11. The molecule has 0 saturated heterocycles. The molecule has 0 amide bonds. The third-order valence-electron chi connectivity index (χ3n) is 3.36. The summed E-state index contributed by atoms with van der Waals surface area (Å²) in [4.78, 5) is 10.2. The molecular formula is C14H18N4O2. The second-order valence-electron chi connectivity index (χ2n) is 4.72. The van der Waals surface area contributed by atoms with Crippen molar-refractivity contribution in [2.45, 2.75) is 25.9 Å². The maximum absolute atomic E-state index is 10.6. The van der Waals surface area contributed by atoms with Crippen LogP contribution in [0, 0.1) is 10.1 Å². The molecule has 0 spiro atoms. The van der Waals surface area contributed by atoms with E-state index in [4.69, 9.17) is 0 Å².